The van der Waals surface area contributed by atoms with Crippen LogP contribution in [-0.4, -0.2) is 22.9 Å². The highest BCUT2D eigenvalue weighted by molar-refractivity contribution is 4.91. The lowest BCUT2D eigenvalue weighted by atomic mass is 9.76. The lowest BCUT2D eigenvalue weighted by Gasteiger charge is -2.37. The molecule has 5 heteroatoms. The Morgan fingerprint density at radius 2 is 1.87 bits per heavy atom. The molecule has 0 heterocycles. The van der Waals surface area contributed by atoms with Crippen LogP contribution in [-0.2, 0) is 0 Å². The van der Waals surface area contributed by atoms with Crippen LogP contribution < -0.4 is 5.73 Å². The predicted molar refractivity (Wildman–Crippen MR) is 51.2 cm³/mol. The molecule has 1 rings (SSSR count). The summed E-state index contributed by atoms with van der Waals surface area (Å²) in [6, 6.07) is 0.0204. The zero-order valence-electron chi connectivity index (χ0n) is 8.85. The van der Waals surface area contributed by atoms with E-state index in [1.165, 1.54) is 0 Å². The van der Waals surface area contributed by atoms with E-state index in [-0.39, 0.29) is 24.8 Å². The Labute approximate surface area is 87.6 Å². The fourth-order valence-corrected chi connectivity index (χ4v) is 2.20. The minimum absolute atomic E-state index is 0.0204. The Morgan fingerprint density at radius 1 is 1.40 bits per heavy atom. The first-order valence-electron chi connectivity index (χ1n) is 5.29. The highest BCUT2D eigenvalue weighted by Gasteiger charge is 2.54. The normalized spacial score (nSPS) is 35.2. The van der Waals surface area contributed by atoms with Crippen molar-refractivity contribution in [2.75, 3.05) is 0 Å². The van der Waals surface area contributed by atoms with E-state index < -0.39 is 11.8 Å². The fourth-order valence-electron chi connectivity index (χ4n) is 2.20. The van der Waals surface area contributed by atoms with E-state index in [4.69, 9.17) is 5.73 Å². The summed E-state index contributed by atoms with van der Waals surface area (Å²) in [6.45, 7) is 1.85. The lowest BCUT2D eigenvalue weighted by Crippen LogP contribution is -2.48. The molecular formula is C10H18F3NO. The molecule has 90 valence electrons. The average molecular weight is 225 g/mol. The van der Waals surface area contributed by atoms with Gasteiger partial charge >= 0.3 is 6.18 Å². The summed E-state index contributed by atoms with van der Waals surface area (Å²) in [5, 5.41) is 9.40. The third-order valence-corrected chi connectivity index (χ3v) is 3.17. The Hall–Kier alpha value is -0.290. The number of hydrogen-bond acceptors (Lipinski definition) is 2. The van der Waals surface area contributed by atoms with Gasteiger partial charge in [-0.2, -0.15) is 13.2 Å². The second-order valence-electron chi connectivity index (χ2n) is 4.69. The van der Waals surface area contributed by atoms with Gasteiger partial charge in [0.15, 0.2) is 5.60 Å². The van der Waals surface area contributed by atoms with Gasteiger partial charge in [0.05, 0.1) is 0 Å². The fraction of sp³-hybridized carbons (Fsp3) is 1.00. The summed E-state index contributed by atoms with van der Waals surface area (Å²) in [6.07, 6.45) is -3.29. The van der Waals surface area contributed by atoms with Crippen LogP contribution in [0.5, 0.6) is 0 Å². The van der Waals surface area contributed by atoms with Gasteiger partial charge in [-0.05, 0) is 44.9 Å². The third kappa shape index (κ3) is 3.08. The van der Waals surface area contributed by atoms with Crippen molar-refractivity contribution >= 4 is 0 Å². The molecule has 0 aromatic rings. The molecule has 1 atom stereocenters. The van der Waals surface area contributed by atoms with E-state index in [1.807, 2.05) is 6.92 Å². The summed E-state index contributed by atoms with van der Waals surface area (Å²) >= 11 is 0. The largest absolute Gasteiger partial charge is 0.417 e. The van der Waals surface area contributed by atoms with Gasteiger partial charge in [0.25, 0.3) is 0 Å². The van der Waals surface area contributed by atoms with Crippen molar-refractivity contribution in [3.05, 3.63) is 0 Å². The van der Waals surface area contributed by atoms with Crippen LogP contribution in [0.2, 0.25) is 0 Å². The van der Waals surface area contributed by atoms with Gasteiger partial charge < -0.3 is 10.8 Å². The maximum atomic E-state index is 12.4. The number of aliphatic hydroxyl groups is 1. The molecule has 0 amide bonds. The van der Waals surface area contributed by atoms with Crippen LogP contribution >= 0.6 is 0 Å². The van der Waals surface area contributed by atoms with Gasteiger partial charge in [-0.1, -0.05) is 0 Å². The molecule has 1 aliphatic rings. The average Bonchev–Trinajstić information content (AvgIpc) is 2.06. The minimum Gasteiger partial charge on any atom is -0.380 e. The zero-order chi connectivity index (χ0) is 11.7. The molecule has 3 N–H and O–H groups in total. The van der Waals surface area contributed by atoms with Crippen molar-refractivity contribution in [1.29, 1.82) is 0 Å². The number of halogens is 3. The molecule has 0 saturated heterocycles. The third-order valence-electron chi connectivity index (χ3n) is 3.17. The Kier molecular flexibility index (Phi) is 3.66. The number of alkyl halides is 3. The Bertz CT molecular complexity index is 207. The first-order chi connectivity index (χ1) is 6.74. The van der Waals surface area contributed by atoms with Gasteiger partial charge in [-0.25, -0.2) is 0 Å². The first kappa shape index (κ1) is 12.8. The quantitative estimate of drug-likeness (QED) is 0.756. The molecule has 1 aliphatic carbocycles. The van der Waals surface area contributed by atoms with Crippen molar-refractivity contribution < 1.29 is 18.3 Å². The Balaban J connectivity index is 2.48. The van der Waals surface area contributed by atoms with E-state index in [2.05, 4.69) is 0 Å². The van der Waals surface area contributed by atoms with Crippen LogP contribution in [0.4, 0.5) is 13.2 Å². The van der Waals surface area contributed by atoms with E-state index in [0.29, 0.717) is 12.8 Å². The molecule has 0 aliphatic heterocycles. The summed E-state index contributed by atoms with van der Waals surface area (Å²) in [5.74, 6) is 0.229. The van der Waals surface area contributed by atoms with Crippen LogP contribution in [0.25, 0.3) is 0 Å². The predicted octanol–water partition coefficient (Wildman–Crippen LogP) is 2.21. The highest BCUT2D eigenvalue weighted by Crippen LogP contribution is 2.43. The Morgan fingerprint density at radius 3 is 2.20 bits per heavy atom. The van der Waals surface area contributed by atoms with E-state index in [1.54, 1.807) is 0 Å². The van der Waals surface area contributed by atoms with Gasteiger partial charge in [0.2, 0.25) is 0 Å². The van der Waals surface area contributed by atoms with E-state index >= 15 is 0 Å². The molecule has 0 radical (unpaired) electrons. The summed E-state index contributed by atoms with van der Waals surface area (Å²) in [7, 11) is 0. The molecule has 1 fully saturated rings. The van der Waals surface area contributed by atoms with Crippen LogP contribution in [0, 0.1) is 5.92 Å². The van der Waals surface area contributed by atoms with Crippen LogP contribution in [0.15, 0.2) is 0 Å². The van der Waals surface area contributed by atoms with Crippen LogP contribution in [0.1, 0.15) is 39.0 Å². The molecule has 0 bridgehead atoms. The van der Waals surface area contributed by atoms with Gasteiger partial charge in [-0.15, -0.1) is 0 Å². The van der Waals surface area contributed by atoms with Crippen molar-refractivity contribution in [3.63, 3.8) is 0 Å². The molecule has 0 aromatic heterocycles. The van der Waals surface area contributed by atoms with Crippen molar-refractivity contribution in [3.8, 4) is 0 Å². The SMILES string of the molecule is CC(N)CC1CCC(O)(C(F)(F)F)CC1. The van der Waals surface area contributed by atoms with E-state index in [9.17, 15) is 18.3 Å². The van der Waals surface area contributed by atoms with Crippen molar-refractivity contribution in [1.82, 2.24) is 0 Å². The summed E-state index contributed by atoms with van der Waals surface area (Å²) in [5.41, 5.74) is 3.13. The van der Waals surface area contributed by atoms with Gasteiger partial charge in [-0.3, -0.25) is 0 Å². The zero-order valence-corrected chi connectivity index (χ0v) is 8.85. The number of hydrogen-bond donors (Lipinski definition) is 2. The minimum atomic E-state index is -4.49. The number of nitrogens with two attached hydrogens (primary N) is 1. The molecule has 1 unspecified atom stereocenters. The standard InChI is InChI=1S/C10H18F3NO/c1-7(14)6-8-2-4-9(15,5-3-8)10(11,12)13/h7-8,15H,2-6,14H2,1H3. The van der Waals surface area contributed by atoms with Crippen molar-refractivity contribution in [2.45, 2.75) is 56.8 Å². The second kappa shape index (κ2) is 4.29. The molecular weight excluding hydrogens is 207 g/mol. The second-order valence-corrected chi connectivity index (χ2v) is 4.69. The van der Waals surface area contributed by atoms with Gasteiger partial charge in [0, 0.05) is 6.04 Å². The maximum Gasteiger partial charge on any atom is 0.417 e. The molecule has 0 aromatic carbocycles. The maximum absolute atomic E-state index is 12.4. The molecule has 1 saturated carbocycles. The van der Waals surface area contributed by atoms with E-state index in [0.717, 1.165) is 6.42 Å². The monoisotopic (exact) mass is 225 g/mol. The summed E-state index contributed by atoms with van der Waals surface area (Å²) < 4.78 is 37.3. The first-order valence-corrected chi connectivity index (χ1v) is 5.29. The molecule has 0 spiro atoms. The van der Waals surface area contributed by atoms with Crippen molar-refractivity contribution in [2.24, 2.45) is 11.7 Å². The molecule has 2 nitrogen and oxygen atoms in total. The highest BCUT2D eigenvalue weighted by atomic mass is 19.4. The lowest BCUT2D eigenvalue weighted by molar-refractivity contribution is -0.272. The number of rotatable bonds is 2. The summed E-state index contributed by atoms with van der Waals surface area (Å²) in [4.78, 5) is 0. The molecule has 15 heavy (non-hydrogen) atoms. The topological polar surface area (TPSA) is 46.2 Å². The smallest absolute Gasteiger partial charge is 0.380 e. The van der Waals surface area contributed by atoms with Crippen LogP contribution in [0.3, 0.4) is 0 Å². The van der Waals surface area contributed by atoms with Gasteiger partial charge in [0.1, 0.15) is 0 Å².